The van der Waals surface area contributed by atoms with Gasteiger partial charge in [0.05, 0.1) is 6.54 Å². The van der Waals surface area contributed by atoms with E-state index >= 15 is 0 Å². The highest BCUT2D eigenvalue weighted by Gasteiger charge is 2.09. The van der Waals surface area contributed by atoms with Gasteiger partial charge in [0.2, 0.25) is 0 Å². The van der Waals surface area contributed by atoms with Crippen molar-refractivity contribution in [3.63, 3.8) is 0 Å². The van der Waals surface area contributed by atoms with Crippen LogP contribution in [0.5, 0.6) is 0 Å². The molecular formula is C14H19N. The lowest BCUT2D eigenvalue weighted by Gasteiger charge is -2.22. The van der Waals surface area contributed by atoms with Crippen LogP contribution in [0.1, 0.15) is 31.0 Å². The topological polar surface area (TPSA) is 3.24 Å². The fourth-order valence-electron chi connectivity index (χ4n) is 1.44. The van der Waals surface area contributed by atoms with Crippen LogP contribution in [-0.2, 0) is 0 Å². The highest BCUT2D eigenvalue weighted by Crippen LogP contribution is 2.18. The molecule has 0 bridgehead atoms. The average Bonchev–Trinajstić information content (AvgIpc) is 2.26. The van der Waals surface area contributed by atoms with Crippen LogP contribution in [0.15, 0.2) is 24.3 Å². The molecule has 1 atom stereocenters. The number of benzene rings is 1. The first-order chi connectivity index (χ1) is 7.15. The molecule has 0 spiro atoms. The Balaban J connectivity index is 2.69. The van der Waals surface area contributed by atoms with Gasteiger partial charge in [-0.3, -0.25) is 4.90 Å². The van der Waals surface area contributed by atoms with E-state index in [1.807, 2.05) is 6.92 Å². The van der Waals surface area contributed by atoms with Crippen LogP contribution in [0.3, 0.4) is 0 Å². The molecule has 0 saturated heterocycles. The molecule has 0 aliphatic heterocycles. The number of aryl methyl sites for hydroxylation is 1. The summed E-state index contributed by atoms with van der Waals surface area (Å²) in [5.74, 6) is 6.01. The van der Waals surface area contributed by atoms with Crippen LogP contribution < -0.4 is 0 Å². The summed E-state index contributed by atoms with van der Waals surface area (Å²) in [4.78, 5) is 2.25. The molecule has 0 aliphatic carbocycles. The van der Waals surface area contributed by atoms with Crippen molar-refractivity contribution in [2.45, 2.75) is 26.8 Å². The zero-order valence-corrected chi connectivity index (χ0v) is 10.0. The minimum atomic E-state index is 0.423. The van der Waals surface area contributed by atoms with Crippen molar-refractivity contribution in [1.82, 2.24) is 4.90 Å². The molecule has 0 fully saturated rings. The lowest BCUT2D eigenvalue weighted by atomic mass is 10.1. The van der Waals surface area contributed by atoms with E-state index in [4.69, 9.17) is 0 Å². The zero-order valence-electron chi connectivity index (χ0n) is 10.0. The molecular weight excluding hydrogens is 182 g/mol. The van der Waals surface area contributed by atoms with Gasteiger partial charge in [0.15, 0.2) is 0 Å². The Morgan fingerprint density at radius 2 is 1.87 bits per heavy atom. The monoisotopic (exact) mass is 201 g/mol. The van der Waals surface area contributed by atoms with Crippen molar-refractivity contribution in [3.8, 4) is 11.8 Å². The fraction of sp³-hybridized carbons (Fsp3) is 0.429. The first-order valence-electron chi connectivity index (χ1n) is 5.31. The molecule has 1 aromatic carbocycles. The van der Waals surface area contributed by atoms with Crippen LogP contribution in [0, 0.1) is 18.8 Å². The summed E-state index contributed by atoms with van der Waals surface area (Å²) in [5, 5.41) is 0. The largest absolute Gasteiger partial charge is 0.289 e. The maximum Gasteiger partial charge on any atom is 0.0603 e. The predicted octanol–water partition coefficient (Wildman–Crippen LogP) is 3.01. The van der Waals surface area contributed by atoms with Gasteiger partial charge in [0, 0.05) is 6.04 Å². The number of rotatable bonds is 3. The molecule has 1 aromatic rings. The van der Waals surface area contributed by atoms with Crippen LogP contribution in [0.2, 0.25) is 0 Å². The molecule has 1 rings (SSSR count). The third kappa shape index (κ3) is 3.42. The molecule has 15 heavy (non-hydrogen) atoms. The van der Waals surface area contributed by atoms with E-state index in [1.54, 1.807) is 0 Å². The van der Waals surface area contributed by atoms with Gasteiger partial charge in [-0.2, -0.15) is 0 Å². The molecule has 1 nitrogen and oxygen atoms in total. The van der Waals surface area contributed by atoms with Gasteiger partial charge in [-0.05, 0) is 33.4 Å². The molecule has 1 unspecified atom stereocenters. The van der Waals surface area contributed by atoms with Crippen molar-refractivity contribution >= 4 is 0 Å². The lowest BCUT2D eigenvalue weighted by molar-refractivity contribution is 0.294. The second-order valence-corrected chi connectivity index (χ2v) is 3.93. The van der Waals surface area contributed by atoms with Crippen molar-refractivity contribution in [2.75, 3.05) is 13.6 Å². The highest BCUT2D eigenvalue weighted by molar-refractivity contribution is 5.23. The molecule has 0 aromatic heterocycles. The zero-order chi connectivity index (χ0) is 11.3. The third-order valence-corrected chi connectivity index (χ3v) is 2.73. The van der Waals surface area contributed by atoms with E-state index in [1.165, 1.54) is 11.1 Å². The Bertz CT molecular complexity index is 353. The summed E-state index contributed by atoms with van der Waals surface area (Å²) in [5.41, 5.74) is 2.66. The van der Waals surface area contributed by atoms with E-state index < -0.39 is 0 Å². The summed E-state index contributed by atoms with van der Waals surface area (Å²) < 4.78 is 0. The van der Waals surface area contributed by atoms with Gasteiger partial charge in [0.1, 0.15) is 0 Å². The summed E-state index contributed by atoms with van der Waals surface area (Å²) in [6.45, 7) is 7.03. The molecule has 1 heteroatoms. The molecule has 0 radical (unpaired) electrons. The van der Waals surface area contributed by atoms with E-state index in [0.717, 1.165) is 6.54 Å². The molecule has 0 saturated carbocycles. The van der Waals surface area contributed by atoms with Crippen molar-refractivity contribution in [2.24, 2.45) is 0 Å². The van der Waals surface area contributed by atoms with Gasteiger partial charge in [0.25, 0.3) is 0 Å². The minimum absolute atomic E-state index is 0.423. The van der Waals surface area contributed by atoms with Crippen molar-refractivity contribution in [3.05, 3.63) is 35.4 Å². The quantitative estimate of drug-likeness (QED) is 0.679. The molecule has 0 amide bonds. The predicted molar refractivity (Wildman–Crippen MR) is 65.7 cm³/mol. The summed E-state index contributed by atoms with van der Waals surface area (Å²) in [7, 11) is 2.11. The second-order valence-electron chi connectivity index (χ2n) is 3.93. The van der Waals surface area contributed by atoms with Gasteiger partial charge in [-0.1, -0.05) is 35.7 Å². The Morgan fingerprint density at radius 1 is 1.27 bits per heavy atom. The van der Waals surface area contributed by atoms with E-state index in [9.17, 15) is 0 Å². The Labute approximate surface area is 93.1 Å². The summed E-state index contributed by atoms with van der Waals surface area (Å²) in [6.07, 6.45) is 0. The van der Waals surface area contributed by atoms with E-state index in [2.05, 4.69) is 61.9 Å². The van der Waals surface area contributed by atoms with Crippen LogP contribution in [0.4, 0.5) is 0 Å². The number of nitrogens with zero attached hydrogens (tertiary/aromatic N) is 1. The first-order valence-corrected chi connectivity index (χ1v) is 5.31. The number of hydrogen-bond donors (Lipinski definition) is 0. The molecule has 0 aliphatic rings. The molecule has 0 N–H and O–H groups in total. The Kier molecular flexibility index (Phi) is 4.39. The normalized spacial score (nSPS) is 12.1. The lowest BCUT2D eigenvalue weighted by Crippen LogP contribution is -2.22. The SMILES string of the molecule is CC#CCN(C)C(C)c1ccc(C)cc1. The van der Waals surface area contributed by atoms with E-state index in [-0.39, 0.29) is 0 Å². The van der Waals surface area contributed by atoms with Gasteiger partial charge in [-0.15, -0.1) is 5.92 Å². The first kappa shape index (κ1) is 11.8. The van der Waals surface area contributed by atoms with Gasteiger partial charge >= 0.3 is 0 Å². The van der Waals surface area contributed by atoms with Crippen molar-refractivity contribution < 1.29 is 0 Å². The third-order valence-electron chi connectivity index (χ3n) is 2.73. The number of hydrogen-bond acceptors (Lipinski definition) is 1. The van der Waals surface area contributed by atoms with Gasteiger partial charge in [-0.25, -0.2) is 0 Å². The van der Waals surface area contributed by atoms with Crippen LogP contribution in [0.25, 0.3) is 0 Å². The summed E-state index contributed by atoms with van der Waals surface area (Å²) >= 11 is 0. The maximum absolute atomic E-state index is 3.09. The molecule has 80 valence electrons. The minimum Gasteiger partial charge on any atom is -0.289 e. The standard InChI is InChI=1S/C14H19N/c1-5-6-11-15(4)13(3)14-9-7-12(2)8-10-14/h7-10,13H,11H2,1-4H3. The summed E-state index contributed by atoms with van der Waals surface area (Å²) in [6, 6.07) is 9.12. The average molecular weight is 201 g/mol. The second kappa shape index (κ2) is 5.58. The van der Waals surface area contributed by atoms with Crippen LogP contribution >= 0.6 is 0 Å². The highest BCUT2D eigenvalue weighted by atomic mass is 15.1. The van der Waals surface area contributed by atoms with E-state index in [0.29, 0.717) is 6.04 Å². The fourth-order valence-corrected chi connectivity index (χ4v) is 1.44. The van der Waals surface area contributed by atoms with Crippen molar-refractivity contribution in [1.29, 1.82) is 0 Å². The Morgan fingerprint density at radius 3 is 2.40 bits per heavy atom. The molecule has 0 heterocycles. The van der Waals surface area contributed by atoms with Crippen LogP contribution in [-0.4, -0.2) is 18.5 Å². The Hall–Kier alpha value is -1.26. The smallest absolute Gasteiger partial charge is 0.0603 e. The maximum atomic E-state index is 3.09. The van der Waals surface area contributed by atoms with Gasteiger partial charge < -0.3 is 0 Å².